The van der Waals surface area contributed by atoms with Crippen molar-refractivity contribution < 1.29 is 23.1 Å². The molecule has 5 rings (SSSR count). The van der Waals surface area contributed by atoms with Gasteiger partial charge in [0.1, 0.15) is 22.8 Å². The van der Waals surface area contributed by atoms with Crippen LogP contribution in [0.25, 0.3) is 22.4 Å². The standard InChI is InChI=1S/C25H24FN7O3/c1-14-18(15(2)36-31-14)13-33(21-8-17(34-4)9-22(35-5)24(21)26)23-7-6-19-25(30-23)29-20(11-27-19)16-10-28-32(3)12-16/h6-12H,13H2,1-5H3/p+1. The number of aromatic amines is 1. The fourth-order valence-electron chi connectivity index (χ4n) is 3.97. The average molecular weight is 491 g/mol. The molecule has 5 aromatic rings. The fourth-order valence-corrected chi connectivity index (χ4v) is 3.97. The fraction of sp³-hybridized carbons (Fsp3) is 0.240. The number of nitrogens with zero attached hydrogens (tertiary/aromatic N) is 6. The van der Waals surface area contributed by atoms with E-state index in [4.69, 9.17) is 24.0 Å². The van der Waals surface area contributed by atoms with Crippen molar-refractivity contribution >= 4 is 22.7 Å². The molecular formula is C25H25FN7O3+. The van der Waals surface area contributed by atoms with Gasteiger partial charge >= 0.3 is 0 Å². The van der Waals surface area contributed by atoms with Crippen LogP contribution in [0, 0.1) is 19.7 Å². The van der Waals surface area contributed by atoms with E-state index in [0.29, 0.717) is 39.9 Å². The predicted octanol–water partition coefficient (Wildman–Crippen LogP) is 3.94. The minimum atomic E-state index is -0.549. The molecule has 0 saturated heterocycles. The van der Waals surface area contributed by atoms with E-state index in [9.17, 15) is 0 Å². The van der Waals surface area contributed by atoms with Crippen LogP contribution in [0.3, 0.4) is 0 Å². The maximum Gasteiger partial charge on any atom is 0.204 e. The molecule has 0 spiro atoms. The summed E-state index contributed by atoms with van der Waals surface area (Å²) in [4.78, 5) is 15.7. The van der Waals surface area contributed by atoms with Crippen molar-refractivity contribution in [1.82, 2.24) is 25.2 Å². The van der Waals surface area contributed by atoms with Gasteiger partial charge in [-0.2, -0.15) is 5.10 Å². The molecular weight excluding hydrogens is 465 g/mol. The topological polar surface area (TPSA) is 106 Å². The molecule has 0 radical (unpaired) electrons. The van der Waals surface area contributed by atoms with Crippen molar-refractivity contribution in [3.63, 3.8) is 0 Å². The minimum absolute atomic E-state index is 0.0521. The van der Waals surface area contributed by atoms with Gasteiger partial charge in [0.2, 0.25) is 6.20 Å². The van der Waals surface area contributed by atoms with Gasteiger partial charge in [-0.3, -0.25) is 4.98 Å². The third kappa shape index (κ3) is 4.19. The van der Waals surface area contributed by atoms with Crippen LogP contribution in [0.15, 0.2) is 47.4 Å². The lowest BCUT2D eigenvalue weighted by atomic mass is 10.1. The number of aryl methyl sites for hydroxylation is 3. The van der Waals surface area contributed by atoms with Gasteiger partial charge in [-0.25, -0.2) is 14.4 Å². The Morgan fingerprint density at radius 2 is 1.97 bits per heavy atom. The van der Waals surface area contributed by atoms with Crippen LogP contribution >= 0.6 is 0 Å². The van der Waals surface area contributed by atoms with E-state index in [1.807, 2.05) is 38.0 Å². The zero-order chi connectivity index (χ0) is 25.4. The Morgan fingerprint density at radius 3 is 2.64 bits per heavy atom. The molecule has 0 aliphatic carbocycles. The van der Waals surface area contributed by atoms with Gasteiger partial charge in [0.25, 0.3) is 0 Å². The van der Waals surface area contributed by atoms with Crippen LogP contribution in [0.1, 0.15) is 17.0 Å². The van der Waals surface area contributed by atoms with Crippen molar-refractivity contribution in [2.45, 2.75) is 20.4 Å². The molecule has 184 valence electrons. The van der Waals surface area contributed by atoms with Gasteiger partial charge < -0.3 is 18.9 Å². The van der Waals surface area contributed by atoms with Crippen molar-refractivity contribution in [3.8, 4) is 22.8 Å². The summed E-state index contributed by atoms with van der Waals surface area (Å²) >= 11 is 0. The van der Waals surface area contributed by atoms with E-state index in [1.165, 1.54) is 20.3 Å². The number of pyridine rings is 1. The highest BCUT2D eigenvalue weighted by Crippen LogP contribution is 2.38. The number of methoxy groups -OCH3 is 2. The Morgan fingerprint density at radius 1 is 1.14 bits per heavy atom. The van der Waals surface area contributed by atoms with Crippen molar-refractivity contribution in [2.24, 2.45) is 7.05 Å². The summed E-state index contributed by atoms with van der Waals surface area (Å²) in [5.41, 5.74) is 4.32. The largest absolute Gasteiger partial charge is 0.497 e. The molecule has 10 nitrogen and oxygen atoms in total. The molecule has 0 unspecified atom stereocenters. The number of aromatic nitrogens is 6. The molecule has 0 bridgehead atoms. The average Bonchev–Trinajstić information content (AvgIpc) is 3.47. The lowest BCUT2D eigenvalue weighted by Crippen LogP contribution is -2.27. The first kappa shape index (κ1) is 23.2. The van der Waals surface area contributed by atoms with Crippen molar-refractivity contribution in [1.29, 1.82) is 0 Å². The van der Waals surface area contributed by atoms with E-state index in [0.717, 1.165) is 11.1 Å². The third-order valence-corrected chi connectivity index (χ3v) is 5.96. The van der Waals surface area contributed by atoms with Crippen LogP contribution in [0.2, 0.25) is 0 Å². The smallest absolute Gasteiger partial charge is 0.204 e. The van der Waals surface area contributed by atoms with Gasteiger partial charge in [-0.1, -0.05) is 5.16 Å². The second-order valence-corrected chi connectivity index (χ2v) is 8.29. The zero-order valence-corrected chi connectivity index (χ0v) is 20.5. The third-order valence-electron chi connectivity index (χ3n) is 5.96. The number of H-pyrrole nitrogens is 1. The molecule has 0 fully saturated rings. The number of halogens is 1. The highest BCUT2D eigenvalue weighted by Gasteiger charge is 2.24. The SMILES string of the molecule is COc1cc(OC)c(F)c(N(Cc2c(C)noc2C)c2ccc3ncc(-c4c[nH][n+](C)c4)nc3n2)c1. The zero-order valence-electron chi connectivity index (χ0n) is 20.5. The van der Waals surface area contributed by atoms with Gasteiger partial charge in [0, 0.05) is 17.7 Å². The van der Waals surface area contributed by atoms with Crippen LogP contribution in [-0.2, 0) is 13.6 Å². The van der Waals surface area contributed by atoms with Gasteiger partial charge in [0.05, 0.1) is 55.8 Å². The number of anilines is 2. The maximum atomic E-state index is 15.6. The normalized spacial score (nSPS) is 11.2. The molecule has 1 aromatic carbocycles. The molecule has 36 heavy (non-hydrogen) atoms. The summed E-state index contributed by atoms with van der Waals surface area (Å²) in [6.07, 6.45) is 5.43. The minimum Gasteiger partial charge on any atom is -0.497 e. The van der Waals surface area contributed by atoms with Gasteiger partial charge in [-0.05, 0) is 26.0 Å². The van der Waals surface area contributed by atoms with E-state index in [1.54, 1.807) is 29.3 Å². The summed E-state index contributed by atoms with van der Waals surface area (Å²) in [5, 5.41) is 7.12. The predicted molar refractivity (Wildman–Crippen MR) is 130 cm³/mol. The van der Waals surface area contributed by atoms with Gasteiger partial charge in [0.15, 0.2) is 24.3 Å². The molecule has 1 N–H and O–H groups in total. The number of benzene rings is 1. The summed E-state index contributed by atoms with van der Waals surface area (Å²) in [6, 6.07) is 6.68. The Kier molecular flexibility index (Phi) is 5.96. The first-order chi connectivity index (χ1) is 17.4. The lowest BCUT2D eigenvalue weighted by molar-refractivity contribution is -0.726. The first-order valence-corrected chi connectivity index (χ1v) is 11.2. The molecule has 0 atom stereocenters. The highest BCUT2D eigenvalue weighted by molar-refractivity contribution is 5.77. The van der Waals surface area contributed by atoms with E-state index in [-0.39, 0.29) is 18.0 Å². The highest BCUT2D eigenvalue weighted by atomic mass is 19.1. The maximum absolute atomic E-state index is 15.6. The summed E-state index contributed by atoms with van der Waals surface area (Å²) in [7, 11) is 4.81. The lowest BCUT2D eigenvalue weighted by Gasteiger charge is -2.25. The number of hydrogen-bond acceptors (Lipinski definition) is 8. The molecule has 4 aromatic heterocycles. The molecule has 4 heterocycles. The van der Waals surface area contributed by atoms with Gasteiger partial charge in [-0.15, -0.1) is 4.68 Å². The van der Waals surface area contributed by atoms with Crippen molar-refractivity contribution in [2.75, 3.05) is 19.1 Å². The van der Waals surface area contributed by atoms with Crippen LogP contribution in [-0.4, -0.2) is 39.4 Å². The Hall–Kier alpha value is -4.54. The number of fused-ring (bicyclic) bond motifs is 1. The second kappa shape index (κ2) is 9.25. The first-order valence-electron chi connectivity index (χ1n) is 11.2. The molecule has 11 heteroatoms. The number of ether oxygens (including phenoxy) is 2. The van der Waals surface area contributed by atoms with E-state index < -0.39 is 5.82 Å². The Bertz CT molecular complexity index is 1540. The van der Waals surface area contributed by atoms with Crippen LogP contribution < -0.4 is 19.1 Å². The van der Waals surface area contributed by atoms with Crippen LogP contribution in [0.4, 0.5) is 15.9 Å². The summed E-state index contributed by atoms with van der Waals surface area (Å²) < 4.78 is 33.5. The molecule has 0 aliphatic rings. The summed E-state index contributed by atoms with van der Waals surface area (Å²) in [5.74, 6) is 1.04. The quantitative estimate of drug-likeness (QED) is 0.342. The number of rotatable bonds is 7. The Labute approximate surface area is 206 Å². The summed E-state index contributed by atoms with van der Waals surface area (Å²) in [6.45, 7) is 3.90. The van der Waals surface area contributed by atoms with E-state index >= 15 is 4.39 Å². The van der Waals surface area contributed by atoms with Crippen molar-refractivity contribution in [3.05, 3.63) is 65.7 Å². The van der Waals surface area contributed by atoms with Crippen LogP contribution in [0.5, 0.6) is 11.5 Å². The molecule has 0 aliphatic heterocycles. The van der Waals surface area contributed by atoms with E-state index in [2.05, 4.69) is 15.2 Å². The second-order valence-electron chi connectivity index (χ2n) is 8.29. The molecule has 0 amide bonds. The monoisotopic (exact) mass is 490 g/mol. The Balaban J connectivity index is 1.68. The molecule has 0 saturated carbocycles. The number of nitrogens with one attached hydrogen (secondary N) is 1. The number of hydrogen-bond donors (Lipinski definition) is 1.